The second kappa shape index (κ2) is 10.7. The number of fused-ring (bicyclic) bond motifs is 1. The van der Waals surface area contributed by atoms with E-state index in [0.717, 1.165) is 48.0 Å². The van der Waals surface area contributed by atoms with E-state index in [9.17, 15) is 0 Å². The minimum atomic E-state index is 0. The first-order chi connectivity index (χ1) is 14.6. The zero-order valence-corrected chi connectivity index (χ0v) is 20.4. The van der Waals surface area contributed by atoms with Crippen molar-refractivity contribution in [2.24, 2.45) is 7.05 Å². The highest BCUT2D eigenvalue weighted by Crippen LogP contribution is 2.34. The van der Waals surface area contributed by atoms with Crippen LogP contribution in [0.15, 0.2) is 55.0 Å². The molecule has 2 aromatic heterocycles. The van der Waals surface area contributed by atoms with Gasteiger partial charge in [-0.15, -0.1) is 29.9 Å². The van der Waals surface area contributed by atoms with Crippen LogP contribution in [0.4, 0.5) is 11.6 Å². The van der Waals surface area contributed by atoms with Crippen molar-refractivity contribution in [3.8, 4) is 22.8 Å². The third kappa shape index (κ3) is 4.83. The molecule has 0 fully saturated rings. The summed E-state index contributed by atoms with van der Waals surface area (Å²) in [5.41, 5.74) is 5.38. The normalized spacial score (nSPS) is 12.2. The van der Waals surface area contributed by atoms with Gasteiger partial charge in [0.2, 0.25) is 5.95 Å². The molecule has 0 bridgehead atoms. The summed E-state index contributed by atoms with van der Waals surface area (Å²) in [6, 6.07) is 14.6. The van der Waals surface area contributed by atoms with E-state index >= 15 is 0 Å². The number of anilines is 2. The Labute approximate surface area is 205 Å². The van der Waals surface area contributed by atoms with Gasteiger partial charge in [0.25, 0.3) is 0 Å². The number of hydrogen-bond donors (Lipinski definition) is 0. The van der Waals surface area contributed by atoms with E-state index in [1.807, 2.05) is 47.6 Å². The topological polar surface area (TPSA) is 92.5 Å². The van der Waals surface area contributed by atoms with Crippen molar-refractivity contribution in [3.63, 3.8) is 0 Å². The summed E-state index contributed by atoms with van der Waals surface area (Å²) in [7, 11) is 3.62. The average Bonchev–Trinajstić information content (AvgIpc) is 3.38. The number of benzene rings is 2. The van der Waals surface area contributed by atoms with Crippen LogP contribution in [0.25, 0.3) is 17.1 Å². The van der Waals surface area contributed by atoms with Gasteiger partial charge in [0.05, 0.1) is 24.8 Å². The number of ether oxygens (including phenoxy) is 1. The Bertz CT molecular complexity index is 1220. The first-order valence-electron chi connectivity index (χ1n) is 10.1. The Balaban J connectivity index is 0.00000128. The summed E-state index contributed by atoms with van der Waals surface area (Å²) < 4.78 is 9.47. The minimum Gasteiger partial charge on any atom is -0.495 e. The SMILES string of the molecule is COc1cc(-c2nc(N3CCCc4ccccc43)n(C)n2)ccc1-n1cnc(C)c1.Cl.Cl.O. The molecule has 4 aromatic rings. The quantitative estimate of drug-likeness (QED) is 0.429. The van der Waals surface area contributed by atoms with Crippen LogP contribution in [0.2, 0.25) is 0 Å². The smallest absolute Gasteiger partial charge is 0.228 e. The van der Waals surface area contributed by atoms with Gasteiger partial charge in [0.1, 0.15) is 5.75 Å². The first kappa shape index (κ1) is 26.2. The molecular weight excluding hydrogens is 463 g/mol. The molecule has 1 aliphatic heterocycles. The van der Waals surface area contributed by atoms with E-state index in [0.29, 0.717) is 5.82 Å². The first-order valence-corrected chi connectivity index (χ1v) is 10.1. The fraction of sp³-hybridized carbons (Fsp3) is 0.261. The van der Waals surface area contributed by atoms with E-state index in [1.54, 1.807) is 13.4 Å². The Hall–Kier alpha value is -3.07. The molecule has 0 amide bonds. The van der Waals surface area contributed by atoms with Crippen LogP contribution in [0.5, 0.6) is 5.75 Å². The van der Waals surface area contributed by atoms with Crippen molar-refractivity contribution in [1.82, 2.24) is 24.3 Å². The molecule has 10 heteroatoms. The second-order valence-corrected chi connectivity index (χ2v) is 7.55. The Morgan fingerprint density at radius 2 is 1.82 bits per heavy atom. The molecule has 33 heavy (non-hydrogen) atoms. The molecule has 1 aliphatic rings. The third-order valence-electron chi connectivity index (χ3n) is 5.52. The zero-order valence-electron chi connectivity index (χ0n) is 18.7. The van der Waals surface area contributed by atoms with Gasteiger partial charge in [0.15, 0.2) is 5.82 Å². The molecular formula is C23H28Cl2N6O2. The summed E-state index contributed by atoms with van der Waals surface area (Å²) in [5.74, 6) is 2.29. The number of hydrogen-bond acceptors (Lipinski definition) is 5. The molecule has 0 radical (unpaired) electrons. The van der Waals surface area contributed by atoms with Gasteiger partial charge in [-0.1, -0.05) is 18.2 Å². The van der Waals surface area contributed by atoms with Crippen LogP contribution in [-0.4, -0.2) is 43.4 Å². The van der Waals surface area contributed by atoms with Gasteiger partial charge < -0.3 is 19.7 Å². The number of imidazole rings is 1. The number of halogens is 2. The standard InChI is InChI=1S/C23H24N6O.2ClH.H2O/c1-16-14-28(15-24-16)20-11-10-18(13-21(20)30-3)22-25-23(27(2)26-22)29-12-6-8-17-7-4-5-9-19(17)29;;;/h4-5,7,9-11,13-15H,6,8,12H2,1-3H3;2*1H;1H2. The molecule has 0 saturated carbocycles. The molecule has 8 nitrogen and oxygen atoms in total. The Kier molecular flexibility index (Phi) is 8.49. The van der Waals surface area contributed by atoms with Gasteiger partial charge in [-0.2, -0.15) is 4.98 Å². The largest absolute Gasteiger partial charge is 0.495 e. The lowest BCUT2D eigenvalue weighted by Gasteiger charge is -2.29. The van der Waals surface area contributed by atoms with Gasteiger partial charge in [-0.25, -0.2) is 9.67 Å². The van der Waals surface area contributed by atoms with Crippen LogP contribution >= 0.6 is 24.8 Å². The van der Waals surface area contributed by atoms with Crippen LogP contribution < -0.4 is 9.64 Å². The molecule has 3 heterocycles. The monoisotopic (exact) mass is 490 g/mol. The van der Waals surface area contributed by atoms with Gasteiger partial charge >= 0.3 is 0 Å². The van der Waals surface area contributed by atoms with E-state index in [4.69, 9.17) is 14.8 Å². The minimum absolute atomic E-state index is 0. The number of aromatic nitrogens is 5. The summed E-state index contributed by atoms with van der Waals surface area (Å²) in [6.07, 6.45) is 5.97. The maximum atomic E-state index is 5.65. The third-order valence-corrected chi connectivity index (χ3v) is 5.52. The van der Waals surface area contributed by atoms with Crippen molar-refractivity contribution < 1.29 is 10.2 Å². The molecule has 0 atom stereocenters. The summed E-state index contributed by atoms with van der Waals surface area (Å²) >= 11 is 0. The van der Waals surface area contributed by atoms with E-state index < -0.39 is 0 Å². The van der Waals surface area contributed by atoms with Crippen molar-refractivity contribution in [2.45, 2.75) is 19.8 Å². The lowest BCUT2D eigenvalue weighted by Crippen LogP contribution is -2.26. The highest BCUT2D eigenvalue weighted by molar-refractivity contribution is 5.85. The molecule has 0 aliphatic carbocycles. The number of para-hydroxylation sites is 1. The number of aryl methyl sites for hydroxylation is 3. The molecule has 2 aromatic carbocycles. The van der Waals surface area contributed by atoms with Crippen molar-refractivity contribution in [1.29, 1.82) is 0 Å². The number of methoxy groups -OCH3 is 1. The highest BCUT2D eigenvalue weighted by Gasteiger charge is 2.23. The maximum absolute atomic E-state index is 5.65. The summed E-state index contributed by atoms with van der Waals surface area (Å²) in [4.78, 5) is 11.5. The molecule has 176 valence electrons. The lowest BCUT2D eigenvalue weighted by atomic mass is 10.0. The van der Waals surface area contributed by atoms with Gasteiger partial charge in [-0.3, -0.25) is 0 Å². The predicted molar refractivity (Wildman–Crippen MR) is 135 cm³/mol. The van der Waals surface area contributed by atoms with Gasteiger partial charge in [0, 0.05) is 31.0 Å². The molecule has 2 N–H and O–H groups in total. The van der Waals surface area contributed by atoms with Gasteiger partial charge in [-0.05, 0) is 49.6 Å². The van der Waals surface area contributed by atoms with Crippen LogP contribution in [-0.2, 0) is 13.5 Å². The molecule has 0 saturated heterocycles. The number of rotatable bonds is 4. The average molecular weight is 491 g/mol. The van der Waals surface area contributed by atoms with Crippen LogP contribution in [0, 0.1) is 6.92 Å². The number of nitrogens with zero attached hydrogens (tertiary/aromatic N) is 6. The fourth-order valence-corrected chi connectivity index (χ4v) is 4.06. The fourth-order valence-electron chi connectivity index (χ4n) is 4.06. The van der Waals surface area contributed by atoms with Crippen molar-refractivity contribution in [3.05, 3.63) is 66.2 Å². The Morgan fingerprint density at radius 3 is 2.55 bits per heavy atom. The maximum Gasteiger partial charge on any atom is 0.228 e. The molecule has 5 rings (SSSR count). The molecule has 0 spiro atoms. The van der Waals surface area contributed by atoms with Crippen molar-refractivity contribution in [2.75, 3.05) is 18.6 Å². The lowest BCUT2D eigenvalue weighted by molar-refractivity contribution is 0.413. The van der Waals surface area contributed by atoms with Crippen LogP contribution in [0.1, 0.15) is 17.7 Å². The second-order valence-electron chi connectivity index (χ2n) is 7.55. The Morgan fingerprint density at radius 1 is 1.03 bits per heavy atom. The highest BCUT2D eigenvalue weighted by atomic mass is 35.5. The van der Waals surface area contributed by atoms with E-state index in [1.165, 1.54) is 11.3 Å². The van der Waals surface area contributed by atoms with E-state index in [-0.39, 0.29) is 30.3 Å². The molecule has 0 unspecified atom stereocenters. The zero-order chi connectivity index (χ0) is 20.7. The van der Waals surface area contributed by atoms with E-state index in [2.05, 4.69) is 34.1 Å². The summed E-state index contributed by atoms with van der Waals surface area (Å²) in [6.45, 7) is 2.90. The van der Waals surface area contributed by atoms with Crippen molar-refractivity contribution >= 4 is 36.4 Å². The predicted octanol–water partition coefficient (Wildman–Crippen LogP) is 4.09. The van der Waals surface area contributed by atoms with Crippen LogP contribution in [0.3, 0.4) is 0 Å². The summed E-state index contributed by atoms with van der Waals surface area (Å²) in [5, 5.41) is 4.70.